The zero-order valence-corrected chi connectivity index (χ0v) is 18.6. The van der Waals surface area contributed by atoms with Crippen molar-refractivity contribution in [1.29, 1.82) is 0 Å². The zero-order chi connectivity index (χ0) is 20.8. The van der Waals surface area contributed by atoms with E-state index in [4.69, 9.17) is 23.8 Å². The van der Waals surface area contributed by atoms with Crippen molar-refractivity contribution in [3.05, 3.63) is 92.5 Å². The molecule has 0 aliphatic rings. The van der Waals surface area contributed by atoms with E-state index in [0.717, 1.165) is 3.57 Å². The summed E-state index contributed by atoms with van der Waals surface area (Å²) in [5.74, 6) is -0.597. The number of carbonyl (C=O) groups is 2. The fraction of sp³-hybridized carbons (Fsp3) is 0. The van der Waals surface area contributed by atoms with Crippen molar-refractivity contribution in [2.75, 3.05) is 10.6 Å². The van der Waals surface area contributed by atoms with Crippen molar-refractivity contribution in [3.8, 4) is 0 Å². The Morgan fingerprint density at radius 2 is 1.41 bits per heavy atom. The van der Waals surface area contributed by atoms with E-state index < -0.39 is 0 Å². The Morgan fingerprint density at radius 3 is 2.10 bits per heavy atom. The Balaban J connectivity index is 1.63. The van der Waals surface area contributed by atoms with E-state index >= 15 is 0 Å². The molecule has 3 N–H and O–H groups in total. The van der Waals surface area contributed by atoms with E-state index in [1.54, 1.807) is 66.7 Å². The molecule has 0 atom stereocenters. The largest absolute Gasteiger partial charge is 0.332 e. The second-order valence-corrected chi connectivity index (χ2v) is 8.05. The highest BCUT2D eigenvalue weighted by Gasteiger charge is 2.10. The van der Waals surface area contributed by atoms with Crippen LogP contribution >= 0.6 is 46.4 Å². The molecule has 0 aromatic heterocycles. The maximum absolute atomic E-state index is 12.5. The zero-order valence-electron chi connectivity index (χ0n) is 14.9. The second-order valence-electron chi connectivity index (χ2n) is 5.96. The number of nitrogens with one attached hydrogen (secondary N) is 3. The van der Waals surface area contributed by atoms with Gasteiger partial charge < -0.3 is 10.6 Å². The van der Waals surface area contributed by atoms with Gasteiger partial charge in [-0.3, -0.25) is 14.9 Å². The number of halogens is 2. The second kappa shape index (κ2) is 9.82. The fourth-order valence-electron chi connectivity index (χ4n) is 2.48. The molecule has 0 saturated heterocycles. The molecular weight excluding hydrogens is 521 g/mol. The third kappa shape index (κ3) is 6.25. The van der Waals surface area contributed by atoms with E-state index in [1.165, 1.54) is 0 Å². The highest BCUT2D eigenvalue weighted by atomic mass is 127. The lowest BCUT2D eigenvalue weighted by Crippen LogP contribution is -2.34. The topological polar surface area (TPSA) is 70.2 Å². The summed E-state index contributed by atoms with van der Waals surface area (Å²) in [4.78, 5) is 24.8. The first-order valence-electron chi connectivity index (χ1n) is 8.45. The molecule has 0 aliphatic heterocycles. The van der Waals surface area contributed by atoms with Crippen LogP contribution in [0.1, 0.15) is 20.7 Å². The minimum absolute atomic E-state index is 0.140. The third-order valence-corrected chi connectivity index (χ3v) is 4.89. The average molecular weight is 536 g/mol. The number of anilines is 2. The Bertz CT molecular complexity index is 1090. The molecule has 5 nitrogen and oxygen atoms in total. The molecule has 0 aliphatic carbocycles. The van der Waals surface area contributed by atoms with Crippen LogP contribution in [0.3, 0.4) is 0 Å². The van der Waals surface area contributed by atoms with Gasteiger partial charge in [-0.2, -0.15) is 0 Å². The summed E-state index contributed by atoms with van der Waals surface area (Å²) >= 11 is 13.3. The smallest absolute Gasteiger partial charge is 0.257 e. The highest BCUT2D eigenvalue weighted by molar-refractivity contribution is 14.1. The fourth-order valence-corrected chi connectivity index (χ4v) is 3.42. The lowest BCUT2D eigenvalue weighted by atomic mass is 10.2. The maximum atomic E-state index is 12.5. The van der Waals surface area contributed by atoms with E-state index in [1.807, 2.05) is 6.07 Å². The Labute approximate surface area is 192 Å². The van der Waals surface area contributed by atoms with Crippen LogP contribution in [0, 0.1) is 3.57 Å². The lowest BCUT2D eigenvalue weighted by molar-refractivity contribution is 0.0976. The molecule has 3 rings (SSSR count). The Kier molecular flexibility index (Phi) is 7.18. The molecule has 3 aromatic carbocycles. The standard InChI is InChI=1S/C21H15ClIN3O2S/c22-15-6-3-9-18(12-15)24-19(27)14-5-2-8-17(11-14)25-21(29)26-20(28)13-4-1-7-16(23)10-13/h1-12H,(H,24,27)(H2,25,26,28,29). The first-order valence-corrected chi connectivity index (χ1v) is 10.3. The predicted octanol–water partition coefficient (Wildman–Crippen LogP) is 5.32. The first-order chi connectivity index (χ1) is 13.9. The highest BCUT2D eigenvalue weighted by Crippen LogP contribution is 2.17. The van der Waals surface area contributed by atoms with Crippen LogP contribution in [0.15, 0.2) is 72.8 Å². The van der Waals surface area contributed by atoms with Crippen LogP contribution in [0.25, 0.3) is 0 Å². The summed E-state index contributed by atoms with van der Waals surface area (Å²) in [6.45, 7) is 0. The quantitative estimate of drug-likeness (QED) is 0.312. The Hall–Kier alpha value is -2.49. The number of rotatable bonds is 4. The summed E-state index contributed by atoms with van der Waals surface area (Å²) in [6.07, 6.45) is 0. The van der Waals surface area contributed by atoms with Gasteiger partial charge in [0.1, 0.15) is 0 Å². The van der Waals surface area contributed by atoms with Gasteiger partial charge >= 0.3 is 0 Å². The molecule has 2 amide bonds. The number of hydrogen-bond acceptors (Lipinski definition) is 3. The first kappa shape index (κ1) is 21.2. The van der Waals surface area contributed by atoms with Gasteiger partial charge in [-0.15, -0.1) is 0 Å². The van der Waals surface area contributed by atoms with Gasteiger partial charge in [0.2, 0.25) is 0 Å². The molecule has 0 unspecified atom stereocenters. The molecule has 0 radical (unpaired) electrons. The molecule has 0 saturated carbocycles. The van der Waals surface area contributed by atoms with E-state index in [-0.39, 0.29) is 16.9 Å². The van der Waals surface area contributed by atoms with Crippen LogP contribution in [0.2, 0.25) is 5.02 Å². The predicted molar refractivity (Wildman–Crippen MR) is 129 cm³/mol. The van der Waals surface area contributed by atoms with Gasteiger partial charge in [0.15, 0.2) is 5.11 Å². The number of hydrogen-bond donors (Lipinski definition) is 3. The van der Waals surface area contributed by atoms with Gasteiger partial charge in [0.05, 0.1) is 0 Å². The number of amides is 2. The summed E-state index contributed by atoms with van der Waals surface area (Å²) in [6, 6.07) is 20.9. The van der Waals surface area contributed by atoms with Crippen molar-refractivity contribution < 1.29 is 9.59 Å². The summed E-state index contributed by atoms with van der Waals surface area (Å²) < 4.78 is 0.951. The minimum atomic E-state index is -0.309. The van der Waals surface area contributed by atoms with Crippen molar-refractivity contribution in [2.45, 2.75) is 0 Å². The van der Waals surface area contributed by atoms with Crippen molar-refractivity contribution >= 4 is 74.7 Å². The summed E-state index contributed by atoms with van der Waals surface area (Å²) in [5.41, 5.74) is 2.12. The number of carbonyl (C=O) groups excluding carboxylic acids is 2. The average Bonchev–Trinajstić information content (AvgIpc) is 2.68. The van der Waals surface area contributed by atoms with Gasteiger partial charge in [0.25, 0.3) is 11.8 Å². The van der Waals surface area contributed by atoms with Crippen LogP contribution in [0.4, 0.5) is 11.4 Å². The maximum Gasteiger partial charge on any atom is 0.257 e. The van der Waals surface area contributed by atoms with Crippen molar-refractivity contribution in [3.63, 3.8) is 0 Å². The molecule has 0 spiro atoms. The molecule has 29 heavy (non-hydrogen) atoms. The van der Waals surface area contributed by atoms with Gasteiger partial charge in [-0.05, 0) is 89.4 Å². The monoisotopic (exact) mass is 535 g/mol. The number of benzene rings is 3. The molecular formula is C21H15ClIN3O2S. The van der Waals surface area contributed by atoms with Crippen molar-refractivity contribution in [1.82, 2.24) is 5.32 Å². The molecule has 8 heteroatoms. The van der Waals surface area contributed by atoms with Crippen LogP contribution in [-0.4, -0.2) is 16.9 Å². The molecule has 0 fully saturated rings. The van der Waals surface area contributed by atoms with Crippen LogP contribution in [-0.2, 0) is 0 Å². The molecule has 0 heterocycles. The molecule has 146 valence electrons. The summed E-state index contributed by atoms with van der Waals surface area (Å²) in [5, 5.41) is 9.01. The van der Waals surface area contributed by atoms with Gasteiger partial charge in [-0.1, -0.05) is 29.8 Å². The molecule has 0 bridgehead atoms. The third-order valence-electron chi connectivity index (χ3n) is 3.78. The van der Waals surface area contributed by atoms with Crippen LogP contribution in [0.5, 0.6) is 0 Å². The van der Waals surface area contributed by atoms with E-state index in [9.17, 15) is 9.59 Å². The van der Waals surface area contributed by atoms with Gasteiger partial charge in [-0.25, -0.2) is 0 Å². The minimum Gasteiger partial charge on any atom is -0.332 e. The van der Waals surface area contributed by atoms with Gasteiger partial charge in [0, 0.05) is 31.1 Å². The SMILES string of the molecule is O=C(NC(=S)Nc1cccc(C(=O)Nc2cccc(Cl)c2)c1)c1cccc(I)c1. The lowest BCUT2D eigenvalue weighted by Gasteiger charge is -2.11. The number of thiocarbonyl (C=S) groups is 1. The van der Waals surface area contributed by atoms with E-state index in [0.29, 0.717) is 27.5 Å². The van der Waals surface area contributed by atoms with Crippen LogP contribution < -0.4 is 16.0 Å². The molecule has 3 aromatic rings. The Morgan fingerprint density at radius 1 is 0.793 bits per heavy atom. The van der Waals surface area contributed by atoms with E-state index in [2.05, 4.69) is 38.5 Å². The van der Waals surface area contributed by atoms with Crippen molar-refractivity contribution in [2.24, 2.45) is 0 Å². The summed E-state index contributed by atoms with van der Waals surface area (Å²) in [7, 11) is 0. The normalized spacial score (nSPS) is 10.1.